The molecule has 0 N–H and O–H groups in total. The van der Waals surface area contributed by atoms with E-state index in [2.05, 4.69) is 57.8 Å². The van der Waals surface area contributed by atoms with Gasteiger partial charge in [-0.25, -0.2) is 0 Å². The lowest BCUT2D eigenvalue weighted by Gasteiger charge is -2.29. The zero-order valence-electron chi connectivity index (χ0n) is 8.32. The molecule has 0 saturated carbocycles. The molecule has 14 heavy (non-hydrogen) atoms. The number of rotatable bonds is 2. The molecular formula is C12H16IN. The van der Waals surface area contributed by atoms with Crippen molar-refractivity contribution < 1.29 is 0 Å². The van der Waals surface area contributed by atoms with Gasteiger partial charge in [0.2, 0.25) is 0 Å². The molecule has 0 spiro atoms. The number of piperidine rings is 1. The van der Waals surface area contributed by atoms with Gasteiger partial charge in [0.1, 0.15) is 0 Å². The van der Waals surface area contributed by atoms with E-state index in [1.807, 2.05) is 0 Å². The van der Waals surface area contributed by atoms with Crippen LogP contribution in [0.1, 0.15) is 18.4 Å². The third-order valence-electron chi connectivity index (χ3n) is 2.70. The monoisotopic (exact) mass is 301 g/mol. The van der Waals surface area contributed by atoms with Crippen LogP contribution in [0.5, 0.6) is 0 Å². The molecule has 1 aliphatic rings. The summed E-state index contributed by atoms with van der Waals surface area (Å²) in [6, 6.07) is 10.8. The van der Waals surface area contributed by atoms with Crippen LogP contribution < -0.4 is 0 Å². The highest BCUT2D eigenvalue weighted by atomic mass is 127. The molecule has 0 aromatic heterocycles. The second kappa shape index (κ2) is 5.12. The predicted octanol–water partition coefficient (Wildman–Crippen LogP) is 3.09. The van der Waals surface area contributed by atoms with Crippen LogP contribution in [0.3, 0.4) is 0 Å². The van der Waals surface area contributed by atoms with Crippen LogP contribution in [-0.2, 0) is 6.54 Å². The van der Waals surface area contributed by atoms with E-state index in [-0.39, 0.29) is 0 Å². The summed E-state index contributed by atoms with van der Waals surface area (Å²) in [7, 11) is 0. The Morgan fingerprint density at radius 2 is 2.07 bits per heavy atom. The number of hydrogen-bond acceptors (Lipinski definition) is 1. The van der Waals surface area contributed by atoms with Gasteiger partial charge in [-0.2, -0.15) is 0 Å². The molecule has 2 heteroatoms. The molecule has 1 heterocycles. The minimum Gasteiger partial charge on any atom is -0.298 e. The van der Waals surface area contributed by atoms with Crippen molar-refractivity contribution >= 4 is 22.6 Å². The summed E-state index contributed by atoms with van der Waals surface area (Å²) in [6.07, 6.45) is 2.76. The van der Waals surface area contributed by atoms with Crippen molar-refractivity contribution in [1.29, 1.82) is 0 Å². The highest BCUT2D eigenvalue weighted by Gasteiger charge is 2.16. The van der Waals surface area contributed by atoms with Crippen molar-refractivity contribution in [2.75, 3.05) is 13.1 Å². The Hall–Kier alpha value is -0.0900. The molecular weight excluding hydrogens is 285 g/mol. The number of nitrogens with zero attached hydrogens (tertiary/aromatic N) is 1. The molecule has 1 fully saturated rings. The van der Waals surface area contributed by atoms with Gasteiger partial charge in [-0.15, -0.1) is 0 Å². The molecule has 1 aliphatic heterocycles. The Morgan fingerprint density at radius 3 is 2.79 bits per heavy atom. The van der Waals surface area contributed by atoms with Gasteiger partial charge in [-0.3, -0.25) is 4.90 Å². The molecule has 1 atom stereocenters. The summed E-state index contributed by atoms with van der Waals surface area (Å²) < 4.78 is 0.852. The van der Waals surface area contributed by atoms with Crippen LogP contribution >= 0.6 is 22.6 Å². The average molecular weight is 301 g/mol. The Bertz CT molecular complexity index is 273. The molecule has 1 aromatic rings. The van der Waals surface area contributed by atoms with E-state index in [0.717, 1.165) is 10.5 Å². The van der Waals surface area contributed by atoms with Crippen molar-refractivity contribution in [2.24, 2.45) is 0 Å². The first-order chi connectivity index (χ1) is 6.84. The third-order valence-corrected chi connectivity index (χ3v) is 3.71. The number of halogens is 1. The van der Waals surface area contributed by atoms with Gasteiger partial charge in [-0.05, 0) is 24.9 Å². The van der Waals surface area contributed by atoms with Crippen molar-refractivity contribution in [1.82, 2.24) is 4.90 Å². The van der Waals surface area contributed by atoms with Crippen molar-refractivity contribution in [3.8, 4) is 0 Å². The van der Waals surface area contributed by atoms with Crippen LogP contribution in [0, 0.1) is 0 Å². The van der Waals surface area contributed by atoms with E-state index < -0.39 is 0 Å². The fourth-order valence-corrected chi connectivity index (χ4v) is 2.98. The van der Waals surface area contributed by atoms with Gasteiger partial charge in [0.25, 0.3) is 0 Å². The van der Waals surface area contributed by atoms with E-state index in [9.17, 15) is 0 Å². The Balaban J connectivity index is 1.91. The lowest BCUT2D eigenvalue weighted by Crippen LogP contribution is -2.35. The SMILES string of the molecule is I[C@H]1CCCN(Cc2ccccc2)C1. The first-order valence-corrected chi connectivity index (χ1v) is 6.49. The Morgan fingerprint density at radius 1 is 1.29 bits per heavy atom. The summed E-state index contributed by atoms with van der Waals surface area (Å²) in [5.74, 6) is 0. The molecule has 0 unspecified atom stereocenters. The maximum Gasteiger partial charge on any atom is 0.0238 e. The van der Waals surface area contributed by atoms with Crippen LogP contribution in [0.25, 0.3) is 0 Å². The highest BCUT2D eigenvalue weighted by Crippen LogP contribution is 2.18. The van der Waals surface area contributed by atoms with Crippen LogP contribution in [0.2, 0.25) is 0 Å². The average Bonchev–Trinajstić information content (AvgIpc) is 2.19. The van der Waals surface area contributed by atoms with Crippen molar-refractivity contribution in [2.45, 2.75) is 23.3 Å². The zero-order valence-corrected chi connectivity index (χ0v) is 10.5. The first-order valence-electron chi connectivity index (χ1n) is 5.25. The molecule has 0 radical (unpaired) electrons. The second-order valence-corrected chi connectivity index (χ2v) is 5.72. The summed E-state index contributed by atoms with van der Waals surface area (Å²) in [6.45, 7) is 3.66. The minimum atomic E-state index is 0.852. The largest absolute Gasteiger partial charge is 0.298 e. The molecule has 76 valence electrons. The Kier molecular flexibility index (Phi) is 3.81. The van der Waals surface area contributed by atoms with Crippen LogP contribution in [-0.4, -0.2) is 21.9 Å². The molecule has 1 nitrogen and oxygen atoms in total. The number of benzene rings is 1. The number of hydrogen-bond donors (Lipinski definition) is 0. The molecule has 0 bridgehead atoms. The molecule has 0 amide bonds. The molecule has 1 saturated heterocycles. The fourth-order valence-electron chi connectivity index (χ4n) is 1.98. The lowest BCUT2D eigenvalue weighted by atomic mass is 10.1. The number of alkyl halides is 1. The summed E-state index contributed by atoms with van der Waals surface area (Å²) in [5, 5.41) is 0. The fraction of sp³-hybridized carbons (Fsp3) is 0.500. The number of likely N-dealkylation sites (tertiary alicyclic amines) is 1. The van der Waals surface area contributed by atoms with Gasteiger partial charge in [-0.1, -0.05) is 52.9 Å². The molecule has 1 aromatic carbocycles. The van der Waals surface area contributed by atoms with E-state index in [4.69, 9.17) is 0 Å². The zero-order chi connectivity index (χ0) is 9.80. The highest BCUT2D eigenvalue weighted by molar-refractivity contribution is 14.1. The summed E-state index contributed by atoms with van der Waals surface area (Å²) in [4.78, 5) is 2.57. The van der Waals surface area contributed by atoms with Crippen LogP contribution in [0.15, 0.2) is 30.3 Å². The van der Waals surface area contributed by atoms with E-state index in [1.54, 1.807) is 0 Å². The minimum absolute atomic E-state index is 0.852. The van der Waals surface area contributed by atoms with Gasteiger partial charge in [0.15, 0.2) is 0 Å². The first kappa shape index (κ1) is 10.4. The lowest BCUT2D eigenvalue weighted by molar-refractivity contribution is 0.230. The van der Waals surface area contributed by atoms with Gasteiger partial charge < -0.3 is 0 Å². The maximum absolute atomic E-state index is 2.57. The quantitative estimate of drug-likeness (QED) is 0.599. The van der Waals surface area contributed by atoms with Crippen LogP contribution in [0.4, 0.5) is 0 Å². The second-order valence-electron chi connectivity index (χ2n) is 3.96. The summed E-state index contributed by atoms with van der Waals surface area (Å²) in [5.41, 5.74) is 1.44. The van der Waals surface area contributed by atoms with Crippen molar-refractivity contribution in [3.63, 3.8) is 0 Å². The summed E-state index contributed by atoms with van der Waals surface area (Å²) >= 11 is 2.57. The predicted molar refractivity (Wildman–Crippen MR) is 68.8 cm³/mol. The standard InChI is InChI=1S/C12H16IN/c13-12-7-4-8-14(10-12)9-11-5-2-1-3-6-11/h1-3,5-6,12H,4,7-10H2/t12-/m0/s1. The molecule has 2 rings (SSSR count). The smallest absolute Gasteiger partial charge is 0.0238 e. The van der Waals surface area contributed by atoms with Gasteiger partial charge in [0, 0.05) is 17.0 Å². The van der Waals surface area contributed by atoms with E-state index >= 15 is 0 Å². The molecule has 0 aliphatic carbocycles. The maximum atomic E-state index is 2.57. The van der Waals surface area contributed by atoms with E-state index in [0.29, 0.717) is 0 Å². The Labute approximate surface area is 99.6 Å². The van der Waals surface area contributed by atoms with Gasteiger partial charge >= 0.3 is 0 Å². The topological polar surface area (TPSA) is 3.24 Å². The third kappa shape index (κ3) is 2.95. The van der Waals surface area contributed by atoms with E-state index in [1.165, 1.54) is 31.5 Å². The normalized spacial score (nSPS) is 23.6. The van der Waals surface area contributed by atoms with Gasteiger partial charge in [0.05, 0.1) is 0 Å². The van der Waals surface area contributed by atoms with Crippen molar-refractivity contribution in [3.05, 3.63) is 35.9 Å².